The van der Waals surface area contributed by atoms with Crippen molar-refractivity contribution in [2.75, 3.05) is 0 Å². The Morgan fingerprint density at radius 3 is 2.70 bits per heavy atom. The molecule has 2 rings (SSSR count). The lowest BCUT2D eigenvalue weighted by Crippen LogP contribution is -2.11. The van der Waals surface area contributed by atoms with Crippen molar-refractivity contribution in [1.29, 1.82) is 0 Å². The zero-order valence-corrected chi connectivity index (χ0v) is 12.4. The second kappa shape index (κ2) is 6.05. The van der Waals surface area contributed by atoms with Gasteiger partial charge in [-0.1, -0.05) is 6.07 Å². The number of ether oxygens (including phenoxy) is 1. The van der Waals surface area contributed by atoms with Crippen molar-refractivity contribution in [3.63, 3.8) is 0 Å². The summed E-state index contributed by atoms with van der Waals surface area (Å²) in [6.45, 7) is 2.15. The van der Waals surface area contributed by atoms with E-state index in [1.54, 1.807) is 24.3 Å². The van der Waals surface area contributed by atoms with Gasteiger partial charge in [0.15, 0.2) is 0 Å². The molecule has 0 atom stereocenters. The quantitative estimate of drug-likeness (QED) is 0.927. The number of aryl methyl sites for hydroxylation is 1. The van der Waals surface area contributed by atoms with Crippen LogP contribution in [0.5, 0.6) is 5.75 Å². The maximum Gasteiger partial charge on any atom is 0.248 e. The first-order valence-electron chi connectivity index (χ1n) is 5.94. The van der Waals surface area contributed by atoms with Gasteiger partial charge in [0.05, 0.1) is 4.47 Å². The molecule has 0 fully saturated rings. The first kappa shape index (κ1) is 14.5. The molecule has 0 heterocycles. The second-order valence-electron chi connectivity index (χ2n) is 4.37. The molecule has 0 aliphatic carbocycles. The van der Waals surface area contributed by atoms with Crippen LogP contribution in [0.4, 0.5) is 4.39 Å². The minimum absolute atomic E-state index is 0.285. The van der Waals surface area contributed by atoms with Crippen LogP contribution in [0.3, 0.4) is 0 Å². The highest BCUT2D eigenvalue weighted by atomic mass is 79.9. The zero-order valence-electron chi connectivity index (χ0n) is 10.8. The molecule has 0 aliphatic rings. The lowest BCUT2D eigenvalue weighted by atomic mass is 10.1. The lowest BCUT2D eigenvalue weighted by molar-refractivity contribution is 0.1000. The maximum absolute atomic E-state index is 13.1. The smallest absolute Gasteiger partial charge is 0.248 e. The molecule has 2 aromatic carbocycles. The average molecular weight is 338 g/mol. The van der Waals surface area contributed by atoms with E-state index in [1.807, 2.05) is 6.92 Å². The highest BCUT2D eigenvalue weighted by Crippen LogP contribution is 2.26. The minimum Gasteiger partial charge on any atom is -0.488 e. The van der Waals surface area contributed by atoms with Gasteiger partial charge in [-0.2, -0.15) is 0 Å². The maximum atomic E-state index is 13.1. The topological polar surface area (TPSA) is 52.3 Å². The van der Waals surface area contributed by atoms with Crippen LogP contribution in [-0.4, -0.2) is 5.91 Å². The largest absolute Gasteiger partial charge is 0.488 e. The van der Waals surface area contributed by atoms with Gasteiger partial charge in [0.2, 0.25) is 5.91 Å². The summed E-state index contributed by atoms with van der Waals surface area (Å²) in [4.78, 5) is 11.1. The predicted molar refractivity (Wildman–Crippen MR) is 78.1 cm³/mol. The van der Waals surface area contributed by atoms with Gasteiger partial charge in [0, 0.05) is 11.6 Å². The highest BCUT2D eigenvalue weighted by Gasteiger charge is 2.07. The van der Waals surface area contributed by atoms with Gasteiger partial charge in [0.1, 0.15) is 18.2 Å². The third-order valence-corrected chi connectivity index (χ3v) is 3.56. The molecule has 0 aliphatic heterocycles. The predicted octanol–water partition coefficient (Wildman–Crippen LogP) is 3.57. The Kier molecular flexibility index (Phi) is 4.39. The number of hydrogen-bond acceptors (Lipinski definition) is 2. The first-order valence-corrected chi connectivity index (χ1v) is 6.74. The number of carbonyl (C=O) groups is 1. The Hall–Kier alpha value is -1.88. The molecule has 1 amide bonds. The number of carbonyl (C=O) groups excluding carboxylic acids is 1. The normalized spacial score (nSPS) is 10.3. The van der Waals surface area contributed by atoms with E-state index in [4.69, 9.17) is 10.5 Å². The summed E-state index contributed by atoms with van der Waals surface area (Å²) in [7, 11) is 0. The minimum atomic E-state index is -0.464. The molecular weight excluding hydrogens is 325 g/mol. The summed E-state index contributed by atoms with van der Waals surface area (Å²) in [5.74, 6) is -0.388. The van der Waals surface area contributed by atoms with Crippen molar-refractivity contribution in [3.8, 4) is 5.75 Å². The van der Waals surface area contributed by atoms with E-state index in [0.29, 0.717) is 15.8 Å². The van der Waals surface area contributed by atoms with Crippen molar-refractivity contribution in [3.05, 3.63) is 63.4 Å². The number of halogens is 2. The van der Waals surface area contributed by atoms with E-state index in [-0.39, 0.29) is 12.4 Å². The third-order valence-electron chi connectivity index (χ3n) is 2.90. The second-order valence-corrected chi connectivity index (χ2v) is 5.22. The van der Waals surface area contributed by atoms with E-state index in [9.17, 15) is 9.18 Å². The SMILES string of the molecule is Cc1cc(C(N)=O)ccc1COc1cc(F)ccc1Br. The summed E-state index contributed by atoms with van der Waals surface area (Å²) in [6, 6.07) is 9.40. The van der Waals surface area contributed by atoms with Gasteiger partial charge in [-0.25, -0.2) is 4.39 Å². The molecule has 0 aromatic heterocycles. The molecule has 0 bridgehead atoms. The van der Waals surface area contributed by atoms with Crippen molar-refractivity contribution in [2.24, 2.45) is 5.73 Å². The molecule has 2 aromatic rings. The average Bonchev–Trinajstić information content (AvgIpc) is 2.40. The lowest BCUT2D eigenvalue weighted by Gasteiger charge is -2.11. The summed E-state index contributed by atoms with van der Waals surface area (Å²) in [5.41, 5.74) is 7.48. The van der Waals surface area contributed by atoms with Gasteiger partial charge >= 0.3 is 0 Å². The zero-order chi connectivity index (χ0) is 14.7. The van der Waals surface area contributed by atoms with Crippen LogP contribution in [0, 0.1) is 12.7 Å². The van der Waals surface area contributed by atoms with Crippen LogP contribution in [-0.2, 0) is 6.61 Å². The van der Waals surface area contributed by atoms with Gasteiger partial charge in [-0.3, -0.25) is 4.79 Å². The van der Waals surface area contributed by atoms with Crippen molar-refractivity contribution in [2.45, 2.75) is 13.5 Å². The number of rotatable bonds is 4. The summed E-state index contributed by atoms with van der Waals surface area (Å²) in [5, 5.41) is 0. The molecule has 0 saturated carbocycles. The Balaban J connectivity index is 2.15. The molecule has 3 nitrogen and oxygen atoms in total. The van der Waals surface area contributed by atoms with Crippen LogP contribution >= 0.6 is 15.9 Å². The summed E-state index contributed by atoms with van der Waals surface area (Å²) in [6.07, 6.45) is 0. The number of primary amides is 1. The van der Waals surface area contributed by atoms with Crippen LogP contribution in [0.15, 0.2) is 40.9 Å². The van der Waals surface area contributed by atoms with E-state index < -0.39 is 5.91 Å². The summed E-state index contributed by atoms with van der Waals surface area (Å²) < 4.78 is 19.4. The molecule has 20 heavy (non-hydrogen) atoms. The van der Waals surface area contributed by atoms with Crippen molar-refractivity contribution in [1.82, 2.24) is 0 Å². The molecule has 2 N–H and O–H groups in total. The van der Waals surface area contributed by atoms with Crippen LogP contribution < -0.4 is 10.5 Å². The summed E-state index contributed by atoms with van der Waals surface area (Å²) >= 11 is 3.30. The fraction of sp³-hybridized carbons (Fsp3) is 0.133. The Labute approximate surface area is 124 Å². The number of nitrogens with two attached hydrogens (primary N) is 1. The van der Waals surface area contributed by atoms with Gasteiger partial charge in [-0.15, -0.1) is 0 Å². The van der Waals surface area contributed by atoms with Crippen LogP contribution in [0.2, 0.25) is 0 Å². The molecular formula is C15H13BrFNO2. The number of benzene rings is 2. The van der Waals surface area contributed by atoms with Crippen LogP contribution in [0.1, 0.15) is 21.5 Å². The molecule has 5 heteroatoms. The van der Waals surface area contributed by atoms with Crippen molar-refractivity contribution < 1.29 is 13.9 Å². The highest BCUT2D eigenvalue weighted by molar-refractivity contribution is 9.10. The van der Waals surface area contributed by atoms with Crippen molar-refractivity contribution >= 4 is 21.8 Å². The molecule has 0 radical (unpaired) electrons. The van der Waals surface area contributed by atoms with E-state index >= 15 is 0 Å². The number of hydrogen-bond donors (Lipinski definition) is 1. The Bertz CT molecular complexity index is 658. The van der Waals surface area contributed by atoms with E-state index in [0.717, 1.165) is 11.1 Å². The first-order chi connectivity index (χ1) is 9.47. The Morgan fingerprint density at radius 2 is 2.05 bits per heavy atom. The number of amides is 1. The monoisotopic (exact) mass is 337 g/mol. The molecule has 104 valence electrons. The Morgan fingerprint density at radius 1 is 1.30 bits per heavy atom. The fourth-order valence-corrected chi connectivity index (χ4v) is 2.12. The van der Waals surface area contributed by atoms with Gasteiger partial charge < -0.3 is 10.5 Å². The van der Waals surface area contributed by atoms with Gasteiger partial charge in [-0.05, 0) is 58.2 Å². The van der Waals surface area contributed by atoms with Gasteiger partial charge in [0.25, 0.3) is 0 Å². The van der Waals surface area contributed by atoms with Crippen LogP contribution in [0.25, 0.3) is 0 Å². The standard InChI is InChI=1S/C15H13BrFNO2/c1-9-6-10(15(18)19)2-3-11(9)8-20-14-7-12(17)4-5-13(14)16/h2-7H,8H2,1H3,(H2,18,19). The third kappa shape index (κ3) is 3.36. The molecule has 0 spiro atoms. The van der Waals surface area contributed by atoms with E-state index in [1.165, 1.54) is 12.1 Å². The van der Waals surface area contributed by atoms with E-state index in [2.05, 4.69) is 15.9 Å². The molecule has 0 saturated heterocycles. The molecule has 0 unspecified atom stereocenters. The fourth-order valence-electron chi connectivity index (χ4n) is 1.75.